The van der Waals surface area contributed by atoms with Crippen LogP contribution in [-0.2, 0) is 6.61 Å². The summed E-state index contributed by atoms with van der Waals surface area (Å²) in [6.07, 6.45) is 1.59. The molecule has 0 unspecified atom stereocenters. The first-order valence-corrected chi connectivity index (χ1v) is 8.24. The van der Waals surface area contributed by atoms with Gasteiger partial charge in [-0.05, 0) is 29.3 Å². The molecule has 26 heavy (non-hydrogen) atoms. The summed E-state index contributed by atoms with van der Waals surface area (Å²) < 4.78 is 5.74. The quantitative estimate of drug-likeness (QED) is 0.358. The third kappa shape index (κ3) is 4.46. The Kier molecular flexibility index (Phi) is 5.59. The third-order valence-electron chi connectivity index (χ3n) is 3.84. The van der Waals surface area contributed by atoms with E-state index in [1.54, 1.807) is 30.3 Å². The normalized spacial score (nSPS) is 10.8. The summed E-state index contributed by atoms with van der Waals surface area (Å²) in [4.78, 5) is 12.4. The predicted octanol–water partition coefficient (Wildman–Crippen LogP) is 5.06. The van der Waals surface area contributed by atoms with E-state index in [9.17, 15) is 10.1 Å². The van der Waals surface area contributed by atoms with Gasteiger partial charge in [0, 0.05) is 5.56 Å². The lowest BCUT2D eigenvalue weighted by Crippen LogP contribution is -2.01. The zero-order valence-corrected chi connectivity index (χ0v) is 14.1. The van der Waals surface area contributed by atoms with Crippen molar-refractivity contribution >= 4 is 11.9 Å². The van der Waals surface area contributed by atoms with Crippen LogP contribution >= 0.6 is 0 Å². The zero-order chi connectivity index (χ0) is 18.2. The molecule has 0 aliphatic rings. The largest absolute Gasteiger partial charge is 0.489 e. The molecule has 0 atom stereocenters. The highest BCUT2D eigenvalue weighted by Gasteiger charge is 2.11. The minimum atomic E-state index is -0.280. The van der Waals surface area contributed by atoms with Gasteiger partial charge in [0.25, 0.3) is 0 Å². The van der Waals surface area contributed by atoms with Gasteiger partial charge in [-0.1, -0.05) is 72.8 Å². The molecule has 0 fully saturated rings. The van der Waals surface area contributed by atoms with Crippen molar-refractivity contribution in [3.8, 4) is 11.8 Å². The van der Waals surface area contributed by atoms with Gasteiger partial charge in [-0.3, -0.25) is 4.79 Å². The average Bonchev–Trinajstić information content (AvgIpc) is 2.72. The number of carbonyl (C=O) groups is 1. The number of Topliss-reactive ketones (excluding diaryl/α,β-unsaturated/α-hetero) is 1. The third-order valence-corrected chi connectivity index (χ3v) is 3.84. The molecule has 3 nitrogen and oxygen atoms in total. The van der Waals surface area contributed by atoms with E-state index in [0.29, 0.717) is 12.2 Å². The molecule has 0 aliphatic heterocycles. The summed E-state index contributed by atoms with van der Waals surface area (Å²) in [6.45, 7) is 0.492. The summed E-state index contributed by atoms with van der Waals surface area (Å²) in [6, 6.07) is 28.0. The summed E-state index contributed by atoms with van der Waals surface area (Å²) >= 11 is 0. The summed E-state index contributed by atoms with van der Waals surface area (Å²) in [7, 11) is 0. The monoisotopic (exact) mass is 339 g/mol. The van der Waals surface area contributed by atoms with Crippen molar-refractivity contribution in [1.82, 2.24) is 0 Å². The van der Waals surface area contributed by atoms with E-state index in [1.807, 2.05) is 66.7 Å². The Labute approximate surface area is 152 Å². The van der Waals surface area contributed by atoms with Crippen molar-refractivity contribution in [2.75, 3.05) is 0 Å². The minimum absolute atomic E-state index is 0.106. The molecule has 0 N–H and O–H groups in total. The van der Waals surface area contributed by atoms with Crippen LogP contribution in [0, 0.1) is 11.3 Å². The Balaban J connectivity index is 1.70. The number of nitriles is 1. The Bertz CT molecular complexity index is 937. The van der Waals surface area contributed by atoms with Gasteiger partial charge in [-0.25, -0.2) is 0 Å². The predicted molar refractivity (Wildman–Crippen MR) is 102 cm³/mol. The Hall–Kier alpha value is -3.64. The lowest BCUT2D eigenvalue weighted by atomic mass is 10.0. The number of nitrogens with zero attached hydrogens (tertiary/aromatic N) is 1. The van der Waals surface area contributed by atoms with Gasteiger partial charge in [0.2, 0.25) is 5.78 Å². The molecule has 0 radical (unpaired) electrons. The Morgan fingerprint density at radius 1 is 0.885 bits per heavy atom. The van der Waals surface area contributed by atoms with Crippen LogP contribution in [0.2, 0.25) is 0 Å². The molecule has 3 heteroatoms. The van der Waals surface area contributed by atoms with E-state index in [1.165, 1.54) is 0 Å². The maximum Gasteiger partial charge on any atom is 0.203 e. The molecular weight excluding hydrogens is 322 g/mol. The zero-order valence-electron chi connectivity index (χ0n) is 14.1. The fourth-order valence-corrected chi connectivity index (χ4v) is 2.46. The van der Waals surface area contributed by atoms with Gasteiger partial charge in [-0.15, -0.1) is 0 Å². The molecule has 0 heterocycles. The van der Waals surface area contributed by atoms with Crippen molar-refractivity contribution in [1.29, 1.82) is 5.26 Å². The number of ketones is 1. The Morgan fingerprint density at radius 2 is 1.50 bits per heavy atom. The van der Waals surface area contributed by atoms with E-state index < -0.39 is 0 Å². The highest BCUT2D eigenvalue weighted by atomic mass is 16.5. The van der Waals surface area contributed by atoms with Gasteiger partial charge in [0.15, 0.2) is 0 Å². The van der Waals surface area contributed by atoms with Gasteiger partial charge in [0.05, 0.1) is 0 Å². The highest BCUT2D eigenvalue weighted by molar-refractivity contribution is 6.14. The maximum atomic E-state index is 12.4. The number of ether oxygens (including phenoxy) is 1. The van der Waals surface area contributed by atoms with Crippen LogP contribution in [0.4, 0.5) is 0 Å². The number of allylic oxidation sites excluding steroid dienone is 1. The fraction of sp³-hybridized carbons (Fsp3) is 0.0435. The molecule has 3 rings (SSSR count). The second-order valence-corrected chi connectivity index (χ2v) is 5.71. The van der Waals surface area contributed by atoms with E-state index in [4.69, 9.17) is 4.74 Å². The number of benzene rings is 3. The summed E-state index contributed by atoms with van der Waals surface area (Å²) in [5, 5.41) is 9.32. The van der Waals surface area contributed by atoms with Crippen LogP contribution in [0.5, 0.6) is 5.75 Å². The van der Waals surface area contributed by atoms with Crippen LogP contribution in [0.25, 0.3) is 6.08 Å². The van der Waals surface area contributed by atoms with Crippen molar-refractivity contribution in [3.63, 3.8) is 0 Å². The Morgan fingerprint density at radius 3 is 2.12 bits per heavy atom. The van der Waals surface area contributed by atoms with Gasteiger partial charge in [-0.2, -0.15) is 5.26 Å². The first kappa shape index (κ1) is 17.2. The topological polar surface area (TPSA) is 50.1 Å². The summed E-state index contributed by atoms with van der Waals surface area (Å²) in [5.74, 6) is 0.455. The second-order valence-electron chi connectivity index (χ2n) is 5.71. The summed E-state index contributed by atoms with van der Waals surface area (Å²) in [5.41, 5.74) is 2.48. The van der Waals surface area contributed by atoms with E-state index >= 15 is 0 Å². The van der Waals surface area contributed by atoms with Crippen LogP contribution in [-0.4, -0.2) is 5.78 Å². The lowest BCUT2D eigenvalue weighted by Gasteiger charge is -2.06. The van der Waals surface area contributed by atoms with Crippen molar-refractivity contribution in [2.45, 2.75) is 6.61 Å². The molecule has 0 aliphatic carbocycles. The van der Waals surface area contributed by atoms with E-state index in [2.05, 4.69) is 0 Å². The average molecular weight is 339 g/mol. The van der Waals surface area contributed by atoms with E-state index in [0.717, 1.165) is 16.9 Å². The molecular formula is C23H17NO2. The molecule has 0 saturated carbocycles. The van der Waals surface area contributed by atoms with Crippen LogP contribution in [0.1, 0.15) is 21.5 Å². The van der Waals surface area contributed by atoms with Gasteiger partial charge >= 0.3 is 0 Å². The maximum absolute atomic E-state index is 12.4. The number of hydrogen-bond donors (Lipinski definition) is 0. The molecule has 0 bridgehead atoms. The van der Waals surface area contributed by atoms with Crippen LogP contribution < -0.4 is 4.74 Å². The number of hydrogen-bond acceptors (Lipinski definition) is 3. The molecule has 126 valence electrons. The van der Waals surface area contributed by atoms with Gasteiger partial charge in [0.1, 0.15) is 24.0 Å². The molecule has 0 amide bonds. The molecule has 0 saturated heterocycles. The highest BCUT2D eigenvalue weighted by Crippen LogP contribution is 2.17. The molecule has 0 spiro atoms. The molecule has 3 aromatic rings. The van der Waals surface area contributed by atoms with Crippen molar-refractivity contribution in [3.05, 3.63) is 107 Å². The van der Waals surface area contributed by atoms with Crippen molar-refractivity contribution < 1.29 is 9.53 Å². The smallest absolute Gasteiger partial charge is 0.203 e. The van der Waals surface area contributed by atoms with Crippen LogP contribution in [0.15, 0.2) is 90.5 Å². The minimum Gasteiger partial charge on any atom is -0.489 e. The number of carbonyl (C=O) groups excluding carboxylic acids is 1. The first-order chi connectivity index (χ1) is 12.8. The second kappa shape index (κ2) is 8.46. The lowest BCUT2D eigenvalue weighted by molar-refractivity contribution is 0.104. The first-order valence-electron chi connectivity index (χ1n) is 8.24. The fourth-order valence-electron chi connectivity index (χ4n) is 2.46. The SMILES string of the molecule is N#C/C(=C\c1ccc(OCc2ccccc2)cc1)C(=O)c1ccccc1. The van der Waals surface area contributed by atoms with Gasteiger partial charge < -0.3 is 4.74 Å². The number of rotatable bonds is 6. The van der Waals surface area contributed by atoms with Crippen LogP contribution in [0.3, 0.4) is 0 Å². The molecule has 0 aromatic heterocycles. The van der Waals surface area contributed by atoms with Crippen molar-refractivity contribution in [2.24, 2.45) is 0 Å². The molecule has 3 aromatic carbocycles. The van der Waals surface area contributed by atoms with E-state index in [-0.39, 0.29) is 11.4 Å². The standard InChI is InChI=1S/C23H17NO2/c24-16-21(23(25)20-9-5-2-6-10-20)15-18-11-13-22(14-12-18)26-17-19-7-3-1-4-8-19/h1-15H,17H2/b21-15+.